The van der Waals surface area contributed by atoms with Crippen molar-refractivity contribution in [2.24, 2.45) is 0 Å². The predicted octanol–water partition coefficient (Wildman–Crippen LogP) is 5.87. The van der Waals surface area contributed by atoms with Crippen molar-refractivity contribution in [1.82, 2.24) is 0 Å². The molecule has 2 N–H and O–H groups in total. The van der Waals surface area contributed by atoms with E-state index in [1.807, 2.05) is 36.4 Å². The van der Waals surface area contributed by atoms with Gasteiger partial charge in [0, 0.05) is 17.8 Å². The summed E-state index contributed by atoms with van der Waals surface area (Å²) in [5, 5.41) is 14.6. The molecule has 0 fully saturated rings. The molecular formula is C25H20FNO3. The molecule has 0 amide bonds. The van der Waals surface area contributed by atoms with E-state index in [-0.39, 0.29) is 11.4 Å². The average Bonchev–Trinajstić information content (AvgIpc) is 2.77. The first-order valence-electron chi connectivity index (χ1n) is 9.55. The van der Waals surface area contributed by atoms with E-state index in [2.05, 4.69) is 5.32 Å². The molecule has 4 aromatic rings. The number of hydrogen-bond acceptors (Lipinski definition) is 3. The molecule has 0 atom stereocenters. The van der Waals surface area contributed by atoms with Crippen LogP contribution in [-0.4, -0.2) is 11.1 Å². The number of carboxylic acids is 1. The summed E-state index contributed by atoms with van der Waals surface area (Å²) >= 11 is 0. The number of aromatic carboxylic acids is 1. The van der Waals surface area contributed by atoms with Gasteiger partial charge in [-0.05, 0) is 58.8 Å². The van der Waals surface area contributed by atoms with E-state index in [1.54, 1.807) is 36.4 Å². The first-order valence-corrected chi connectivity index (χ1v) is 9.55. The molecule has 30 heavy (non-hydrogen) atoms. The highest BCUT2D eigenvalue weighted by atomic mass is 19.1. The molecule has 0 radical (unpaired) electrons. The predicted molar refractivity (Wildman–Crippen MR) is 115 cm³/mol. The third-order valence-corrected chi connectivity index (χ3v) is 4.91. The number of ether oxygens (including phenoxy) is 1. The first-order chi connectivity index (χ1) is 14.6. The lowest BCUT2D eigenvalue weighted by molar-refractivity contribution is 0.0697. The molecule has 4 aromatic carbocycles. The molecule has 150 valence electrons. The van der Waals surface area contributed by atoms with Crippen LogP contribution in [0.1, 0.15) is 21.5 Å². The number of carboxylic acid groups (broad SMARTS) is 1. The SMILES string of the molecule is O=C(O)c1ccc(NCc2c(OCc3ccc(F)cc3)ccc3ccccc23)cc1. The molecule has 0 unspecified atom stereocenters. The zero-order valence-electron chi connectivity index (χ0n) is 16.1. The molecule has 0 aromatic heterocycles. The second kappa shape index (κ2) is 8.66. The van der Waals surface area contributed by atoms with Gasteiger partial charge in [0.05, 0.1) is 5.56 Å². The monoisotopic (exact) mass is 401 g/mol. The van der Waals surface area contributed by atoms with Gasteiger partial charge in [-0.3, -0.25) is 0 Å². The van der Waals surface area contributed by atoms with E-state index in [4.69, 9.17) is 9.84 Å². The molecule has 0 aliphatic rings. The van der Waals surface area contributed by atoms with Crippen molar-refractivity contribution in [3.05, 3.63) is 107 Å². The van der Waals surface area contributed by atoms with Gasteiger partial charge in [0.1, 0.15) is 18.2 Å². The fourth-order valence-corrected chi connectivity index (χ4v) is 3.30. The molecule has 0 aliphatic heterocycles. The standard InChI is InChI=1S/C25H20FNO3/c26-20-10-5-17(6-11-20)16-30-24-14-9-18-3-1-2-4-22(18)23(24)15-27-21-12-7-19(8-13-21)25(28)29/h1-14,27H,15-16H2,(H,28,29). The maximum absolute atomic E-state index is 13.1. The Morgan fingerprint density at radius 1 is 0.900 bits per heavy atom. The maximum Gasteiger partial charge on any atom is 0.335 e. The van der Waals surface area contributed by atoms with E-state index >= 15 is 0 Å². The normalized spacial score (nSPS) is 10.7. The number of halogens is 1. The summed E-state index contributed by atoms with van der Waals surface area (Å²) in [6.45, 7) is 0.839. The fourth-order valence-electron chi connectivity index (χ4n) is 3.30. The van der Waals surface area contributed by atoms with Crippen molar-refractivity contribution in [3.8, 4) is 5.75 Å². The molecule has 4 rings (SSSR count). The highest BCUT2D eigenvalue weighted by molar-refractivity contribution is 5.89. The van der Waals surface area contributed by atoms with Crippen molar-refractivity contribution < 1.29 is 19.0 Å². The second-order valence-electron chi connectivity index (χ2n) is 6.91. The minimum Gasteiger partial charge on any atom is -0.489 e. The lowest BCUT2D eigenvalue weighted by Gasteiger charge is -2.16. The van der Waals surface area contributed by atoms with E-state index in [0.717, 1.165) is 33.3 Å². The number of rotatable bonds is 7. The van der Waals surface area contributed by atoms with Crippen molar-refractivity contribution in [3.63, 3.8) is 0 Å². The van der Waals surface area contributed by atoms with Crippen molar-refractivity contribution in [2.45, 2.75) is 13.2 Å². The second-order valence-corrected chi connectivity index (χ2v) is 6.91. The Morgan fingerprint density at radius 3 is 2.37 bits per heavy atom. The summed E-state index contributed by atoms with van der Waals surface area (Å²) in [4.78, 5) is 11.0. The largest absolute Gasteiger partial charge is 0.489 e. The number of anilines is 1. The van der Waals surface area contributed by atoms with Crippen LogP contribution in [0.3, 0.4) is 0 Å². The molecular weight excluding hydrogens is 381 g/mol. The smallest absolute Gasteiger partial charge is 0.335 e. The number of nitrogens with one attached hydrogen (secondary N) is 1. The van der Waals surface area contributed by atoms with Crippen molar-refractivity contribution in [2.75, 3.05) is 5.32 Å². The first kappa shape index (κ1) is 19.5. The van der Waals surface area contributed by atoms with Gasteiger partial charge < -0.3 is 15.2 Å². The third kappa shape index (κ3) is 4.41. The summed E-state index contributed by atoms with van der Waals surface area (Å²) < 4.78 is 19.2. The highest BCUT2D eigenvalue weighted by Gasteiger charge is 2.10. The molecule has 0 aliphatic carbocycles. The average molecular weight is 401 g/mol. The molecule has 5 heteroatoms. The zero-order chi connectivity index (χ0) is 20.9. The van der Waals surface area contributed by atoms with Gasteiger partial charge in [0.15, 0.2) is 0 Å². The van der Waals surface area contributed by atoms with Crippen LogP contribution in [0.5, 0.6) is 5.75 Å². The van der Waals surface area contributed by atoms with Crippen molar-refractivity contribution in [1.29, 1.82) is 0 Å². The Morgan fingerprint density at radius 2 is 1.63 bits per heavy atom. The molecule has 0 saturated carbocycles. The van der Waals surface area contributed by atoms with Gasteiger partial charge in [-0.25, -0.2) is 9.18 Å². The van der Waals surface area contributed by atoms with E-state index in [1.165, 1.54) is 12.1 Å². The molecule has 0 heterocycles. The van der Waals surface area contributed by atoms with Crippen LogP contribution < -0.4 is 10.1 Å². The van der Waals surface area contributed by atoms with Crippen LogP contribution in [-0.2, 0) is 13.2 Å². The third-order valence-electron chi connectivity index (χ3n) is 4.91. The topological polar surface area (TPSA) is 58.6 Å². The van der Waals surface area contributed by atoms with Gasteiger partial charge in [-0.1, -0.05) is 42.5 Å². The summed E-state index contributed by atoms with van der Waals surface area (Å²) in [7, 11) is 0. The van der Waals surface area contributed by atoms with Crippen LogP contribution in [0.2, 0.25) is 0 Å². The van der Waals surface area contributed by atoms with Crippen LogP contribution in [0.25, 0.3) is 10.8 Å². The van der Waals surface area contributed by atoms with Crippen LogP contribution in [0, 0.1) is 5.82 Å². The molecule has 0 bridgehead atoms. The number of carbonyl (C=O) groups is 1. The Balaban J connectivity index is 1.58. The van der Waals surface area contributed by atoms with Gasteiger partial charge in [0.2, 0.25) is 0 Å². The molecule has 0 spiro atoms. The Bertz CT molecular complexity index is 1170. The quantitative estimate of drug-likeness (QED) is 0.407. The number of fused-ring (bicyclic) bond motifs is 1. The molecule has 0 saturated heterocycles. The fraction of sp³-hybridized carbons (Fsp3) is 0.0800. The Hall–Kier alpha value is -3.86. The van der Waals surface area contributed by atoms with Crippen LogP contribution >= 0.6 is 0 Å². The highest BCUT2D eigenvalue weighted by Crippen LogP contribution is 2.30. The van der Waals surface area contributed by atoms with Crippen LogP contribution in [0.4, 0.5) is 10.1 Å². The summed E-state index contributed by atoms with van der Waals surface area (Å²) in [5.74, 6) is -0.483. The van der Waals surface area contributed by atoms with E-state index in [0.29, 0.717) is 13.2 Å². The van der Waals surface area contributed by atoms with E-state index in [9.17, 15) is 9.18 Å². The summed E-state index contributed by atoms with van der Waals surface area (Å²) in [5.41, 5.74) is 2.94. The Labute approximate surface area is 173 Å². The maximum atomic E-state index is 13.1. The minimum atomic E-state index is -0.952. The Kier molecular flexibility index (Phi) is 5.61. The number of hydrogen-bond donors (Lipinski definition) is 2. The van der Waals surface area contributed by atoms with Gasteiger partial charge in [-0.15, -0.1) is 0 Å². The van der Waals surface area contributed by atoms with Crippen LogP contribution in [0.15, 0.2) is 84.9 Å². The minimum absolute atomic E-state index is 0.244. The molecule has 4 nitrogen and oxygen atoms in total. The van der Waals surface area contributed by atoms with Gasteiger partial charge >= 0.3 is 5.97 Å². The summed E-state index contributed by atoms with van der Waals surface area (Å²) in [6.07, 6.45) is 0. The summed E-state index contributed by atoms with van der Waals surface area (Å²) in [6, 6.07) is 24.9. The number of benzene rings is 4. The van der Waals surface area contributed by atoms with Gasteiger partial charge in [-0.2, -0.15) is 0 Å². The lowest BCUT2D eigenvalue weighted by atomic mass is 10.0. The van der Waals surface area contributed by atoms with Crippen molar-refractivity contribution >= 4 is 22.4 Å². The lowest BCUT2D eigenvalue weighted by Crippen LogP contribution is -2.05. The zero-order valence-corrected chi connectivity index (χ0v) is 16.1. The van der Waals surface area contributed by atoms with Gasteiger partial charge in [0.25, 0.3) is 0 Å². The van der Waals surface area contributed by atoms with E-state index < -0.39 is 5.97 Å².